The Morgan fingerprint density at radius 2 is 2.10 bits per heavy atom. The summed E-state index contributed by atoms with van der Waals surface area (Å²) in [5, 5.41) is 16.3. The lowest BCUT2D eigenvalue weighted by Gasteiger charge is -2.41. The fourth-order valence-corrected chi connectivity index (χ4v) is 7.63. The van der Waals surface area contributed by atoms with Crippen LogP contribution in [-0.2, 0) is 13.0 Å². The van der Waals surface area contributed by atoms with Crippen LogP contribution in [0.2, 0.25) is 0 Å². The van der Waals surface area contributed by atoms with Crippen LogP contribution >= 0.6 is 15.9 Å². The Labute approximate surface area is 242 Å². The molecule has 0 saturated carbocycles. The van der Waals surface area contributed by atoms with Crippen molar-refractivity contribution in [2.45, 2.75) is 62.9 Å². The van der Waals surface area contributed by atoms with Crippen LogP contribution in [0.5, 0.6) is 11.8 Å². The van der Waals surface area contributed by atoms with E-state index in [0.717, 1.165) is 64.9 Å². The fraction of sp³-hybridized carbons (Fsp3) is 0.533. The van der Waals surface area contributed by atoms with E-state index in [-0.39, 0.29) is 11.8 Å². The molecule has 8 rings (SSSR count). The smallest absolute Gasteiger partial charge is 0.318 e. The van der Waals surface area contributed by atoms with Crippen LogP contribution in [0.4, 0.5) is 15.9 Å². The van der Waals surface area contributed by atoms with Crippen LogP contribution in [-0.4, -0.2) is 84.1 Å². The third-order valence-corrected chi connectivity index (χ3v) is 9.82. The normalized spacial score (nSPS) is 26.8. The van der Waals surface area contributed by atoms with Crippen LogP contribution in [0.15, 0.2) is 34.8 Å². The SMILES string of the molecule is CN1C[C@H](F)C[C@H]1COc1nc2c(c(N3CC4CCCC3CN4)n1)CCN(c1cc(O)cc3cccc(Br)c13)C2. The topological polar surface area (TPSA) is 77.0 Å². The highest BCUT2D eigenvalue weighted by molar-refractivity contribution is 9.10. The first kappa shape index (κ1) is 26.2. The summed E-state index contributed by atoms with van der Waals surface area (Å²) in [6, 6.07) is 11.0. The summed E-state index contributed by atoms with van der Waals surface area (Å²) in [7, 11) is 1.95. The van der Waals surface area contributed by atoms with Gasteiger partial charge in [0.25, 0.3) is 0 Å². The van der Waals surface area contributed by atoms with Crippen molar-refractivity contribution in [2.24, 2.45) is 0 Å². The standard InChI is InChI=1S/C30H36BrFN6O2/c1-36-14-19(32)11-22(36)17-40-30-34-26-16-37(27-12-23(39)10-18-4-2-7-25(31)28(18)27)9-8-24(26)29(35-30)38-15-20-5-3-6-21(38)13-33-20/h2,4,7,10,12,19-22,33,39H,3,5-6,8-9,11,13-17H2,1H3/t19-,20?,21?,22+/m1/s1. The van der Waals surface area contributed by atoms with Crippen LogP contribution in [0.3, 0.4) is 0 Å². The van der Waals surface area contributed by atoms with Gasteiger partial charge < -0.3 is 25.0 Å². The van der Waals surface area contributed by atoms with Crippen molar-refractivity contribution in [1.82, 2.24) is 20.2 Å². The number of likely N-dealkylation sites (tertiary alicyclic amines) is 1. The Hall–Kier alpha value is -2.69. The lowest BCUT2D eigenvalue weighted by molar-refractivity contribution is 0.187. The van der Waals surface area contributed by atoms with Crippen molar-refractivity contribution >= 4 is 38.2 Å². The molecule has 0 radical (unpaired) electrons. The Morgan fingerprint density at radius 3 is 2.95 bits per heavy atom. The summed E-state index contributed by atoms with van der Waals surface area (Å²) in [6.07, 6.45) is 4.03. The van der Waals surface area contributed by atoms with Gasteiger partial charge in [0.15, 0.2) is 0 Å². The highest BCUT2D eigenvalue weighted by atomic mass is 79.9. The number of phenolic OH excluding ortho intramolecular Hbond substituents is 1. The lowest BCUT2D eigenvalue weighted by Crippen LogP contribution is -2.55. The highest BCUT2D eigenvalue weighted by Gasteiger charge is 2.36. The van der Waals surface area contributed by atoms with Gasteiger partial charge in [0.1, 0.15) is 24.3 Å². The van der Waals surface area contributed by atoms with E-state index in [9.17, 15) is 9.50 Å². The maximum atomic E-state index is 14.0. The number of fused-ring (bicyclic) bond motifs is 6. The molecule has 0 amide bonds. The molecule has 0 spiro atoms. The maximum absolute atomic E-state index is 14.0. The van der Waals surface area contributed by atoms with Gasteiger partial charge in [-0.3, -0.25) is 4.90 Å². The highest BCUT2D eigenvalue weighted by Crippen LogP contribution is 2.40. The van der Waals surface area contributed by atoms with Crippen LogP contribution in [0.1, 0.15) is 36.9 Å². The molecule has 5 aliphatic rings. The van der Waals surface area contributed by atoms with E-state index in [4.69, 9.17) is 14.7 Å². The number of likely N-dealkylation sites (N-methyl/N-ethyl adjacent to an activating group) is 1. The maximum Gasteiger partial charge on any atom is 0.318 e. The molecule has 10 heteroatoms. The predicted molar refractivity (Wildman–Crippen MR) is 158 cm³/mol. The molecular weight excluding hydrogens is 575 g/mol. The third kappa shape index (κ3) is 4.88. The van der Waals surface area contributed by atoms with Gasteiger partial charge in [0.05, 0.1) is 12.2 Å². The lowest BCUT2D eigenvalue weighted by atomic mass is 10.0. The summed E-state index contributed by atoms with van der Waals surface area (Å²) in [5.41, 5.74) is 3.14. The zero-order chi connectivity index (χ0) is 27.4. The van der Waals surface area contributed by atoms with Gasteiger partial charge in [-0.25, -0.2) is 4.39 Å². The minimum atomic E-state index is -0.816. The molecule has 2 bridgehead atoms. The van der Waals surface area contributed by atoms with E-state index in [0.29, 0.717) is 44.2 Å². The Balaban J connectivity index is 1.25. The minimum absolute atomic E-state index is 0.0176. The second-order valence-electron chi connectivity index (χ2n) is 11.8. The number of alkyl halides is 1. The molecule has 5 aliphatic heterocycles. The number of ether oxygens (including phenoxy) is 1. The van der Waals surface area contributed by atoms with Crippen molar-refractivity contribution in [2.75, 3.05) is 49.6 Å². The first-order valence-corrected chi connectivity index (χ1v) is 15.3. The number of rotatable bonds is 5. The number of benzene rings is 2. The number of aromatic nitrogens is 2. The molecule has 8 nitrogen and oxygen atoms in total. The number of phenols is 1. The molecule has 2 aromatic carbocycles. The quantitative estimate of drug-likeness (QED) is 0.440. The monoisotopic (exact) mass is 610 g/mol. The average Bonchev–Trinajstić information content (AvgIpc) is 3.10. The van der Waals surface area contributed by atoms with E-state index < -0.39 is 6.17 Å². The molecule has 40 heavy (non-hydrogen) atoms. The summed E-state index contributed by atoms with van der Waals surface area (Å²) < 4.78 is 21.2. The van der Waals surface area contributed by atoms with Crippen molar-refractivity contribution < 1.29 is 14.2 Å². The zero-order valence-corrected chi connectivity index (χ0v) is 24.4. The number of anilines is 2. The Kier molecular flexibility index (Phi) is 6.96. The van der Waals surface area contributed by atoms with Crippen LogP contribution in [0, 0.1) is 0 Å². The van der Waals surface area contributed by atoms with E-state index in [1.54, 1.807) is 6.07 Å². The summed E-state index contributed by atoms with van der Waals surface area (Å²) >= 11 is 3.74. The fourth-order valence-electron chi connectivity index (χ4n) is 7.04. The first-order chi connectivity index (χ1) is 19.4. The van der Waals surface area contributed by atoms with Gasteiger partial charge in [0.2, 0.25) is 0 Å². The van der Waals surface area contributed by atoms with Crippen molar-refractivity contribution in [3.63, 3.8) is 0 Å². The van der Waals surface area contributed by atoms with Crippen LogP contribution in [0.25, 0.3) is 10.8 Å². The van der Waals surface area contributed by atoms with E-state index in [1.165, 1.54) is 18.4 Å². The predicted octanol–water partition coefficient (Wildman–Crippen LogP) is 4.41. The van der Waals surface area contributed by atoms with Gasteiger partial charge in [0, 0.05) is 71.5 Å². The van der Waals surface area contributed by atoms with Crippen molar-refractivity contribution in [3.05, 3.63) is 46.1 Å². The first-order valence-electron chi connectivity index (χ1n) is 14.5. The summed E-state index contributed by atoms with van der Waals surface area (Å²) in [6.45, 7) is 4.12. The molecule has 4 fully saturated rings. The number of nitrogens with one attached hydrogen (secondary N) is 1. The molecule has 3 aromatic rings. The van der Waals surface area contributed by atoms with Crippen LogP contribution < -0.4 is 19.9 Å². The van der Waals surface area contributed by atoms with Gasteiger partial charge >= 0.3 is 6.01 Å². The van der Waals surface area contributed by atoms with Crippen molar-refractivity contribution in [1.29, 1.82) is 0 Å². The molecule has 6 heterocycles. The van der Waals surface area contributed by atoms with Gasteiger partial charge in [-0.05, 0) is 56.7 Å². The van der Waals surface area contributed by atoms with E-state index in [1.807, 2.05) is 36.2 Å². The molecule has 4 atom stereocenters. The molecule has 1 aromatic heterocycles. The molecular formula is C30H36BrFN6O2. The molecule has 0 aliphatic carbocycles. The third-order valence-electron chi connectivity index (χ3n) is 9.16. The molecule has 212 valence electrons. The average molecular weight is 612 g/mol. The number of piperazine rings is 1. The summed E-state index contributed by atoms with van der Waals surface area (Å²) in [4.78, 5) is 16.8. The zero-order valence-electron chi connectivity index (χ0n) is 22.8. The molecule has 4 saturated heterocycles. The Bertz CT molecular complexity index is 1420. The largest absolute Gasteiger partial charge is 0.508 e. The van der Waals surface area contributed by atoms with E-state index in [2.05, 4.69) is 31.0 Å². The van der Waals surface area contributed by atoms with E-state index >= 15 is 0 Å². The van der Waals surface area contributed by atoms with Gasteiger partial charge in [-0.15, -0.1) is 0 Å². The minimum Gasteiger partial charge on any atom is -0.508 e. The second kappa shape index (κ2) is 10.6. The number of hydrogen-bond acceptors (Lipinski definition) is 8. The molecule has 2 N–H and O–H groups in total. The molecule has 2 unspecified atom stereocenters. The van der Waals surface area contributed by atoms with Crippen molar-refractivity contribution in [3.8, 4) is 11.8 Å². The number of aromatic hydroxyl groups is 1. The number of hydrogen-bond donors (Lipinski definition) is 2. The number of halogens is 2. The van der Waals surface area contributed by atoms with Gasteiger partial charge in [-0.2, -0.15) is 9.97 Å². The second-order valence-corrected chi connectivity index (χ2v) is 12.7. The van der Waals surface area contributed by atoms with Gasteiger partial charge in [-0.1, -0.05) is 28.1 Å². The Morgan fingerprint density at radius 1 is 1.20 bits per heavy atom. The number of nitrogens with zero attached hydrogens (tertiary/aromatic N) is 5. The summed E-state index contributed by atoms with van der Waals surface area (Å²) in [5.74, 6) is 1.25.